The summed E-state index contributed by atoms with van der Waals surface area (Å²) in [7, 11) is 0. The molecule has 0 aliphatic heterocycles. The minimum Gasteiger partial charge on any atom is -0.393 e. The van der Waals surface area contributed by atoms with Crippen molar-refractivity contribution >= 4 is 17.5 Å². The Labute approximate surface area is 145 Å². The number of rotatable bonds is 6. The molecular formula is C19H21FN2O3. The maximum atomic E-state index is 13.7. The largest absolute Gasteiger partial charge is 0.393 e. The molecule has 0 saturated carbocycles. The maximum Gasteiger partial charge on any atom is 0.258 e. The molecule has 2 aromatic carbocycles. The van der Waals surface area contributed by atoms with Crippen molar-refractivity contribution in [2.24, 2.45) is 0 Å². The first kappa shape index (κ1) is 18.6. The van der Waals surface area contributed by atoms with E-state index in [1.165, 1.54) is 18.2 Å². The molecule has 0 bridgehead atoms. The first-order chi connectivity index (χ1) is 11.9. The smallest absolute Gasteiger partial charge is 0.258 e. The number of halogens is 1. The first-order valence-corrected chi connectivity index (χ1v) is 8.01. The molecule has 2 amide bonds. The quantitative estimate of drug-likeness (QED) is 0.754. The van der Waals surface area contributed by atoms with E-state index in [1.54, 1.807) is 38.1 Å². The number of amides is 2. The summed E-state index contributed by atoms with van der Waals surface area (Å²) < 4.78 is 13.7. The van der Waals surface area contributed by atoms with Crippen LogP contribution in [0, 0.1) is 12.7 Å². The van der Waals surface area contributed by atoms with Gasteiger partial charge in [-0.2, -0.15) is 0 Å². The lowest BCUT2D eigenvalue weighted by molar-refractivity contribution is 0.0944. The molecular weight excluding hydrogens is 323 g/mol. The van der Waals surface area contributed by atoms with Crippen LogP contribution in [0.2, 0.25) is 0 Å². The van der Waals surface area contributed by atoms with E-state index < -0.39 is 17.8 Å². The van der Waals surface area contributed by atoms with E-state index in [-0.39, 0.29) is 11.5 Å². The van der Waals surface area contributed by atoms with Gasteiger partial charge >= 0.3 is 0 Å². The number of carbonyl (C=O) groups is 2. The number of nitrogens with one attached hydrogen (secondary N) is 2. The minimum atomic E-state index is -0.607. The predicted molar refractivity (Wildman–Crippen MR) is 94.2 cm³/mol. The standard InChI is InChI=1S/C19H21FN2O3/c1-12-7-8-14(18(24)21-10-9-13(2)23)11-17(12)22-19(25)15-5-3-4-6-16(15)20/h3-8,11,13,23H,9-10H2,1-2H3,(H,21,24)(H,22,25). The van der Waals surface area contributed by atoms with E-state index in [4.69, 9.17) is 0 Å². The molecule has 0 aliphatic carbocycles. The van der Waals surface area contributed by atoms with Crippen LogP contribution < -0.4 is 10.6 Å². The van der Waals surface area contributed by atoms with E-state index in [1.807, 2.05) is 0 Å². The average molecular weight is 344 g/mol. The zero-order valence-corrected chi connectivity index (χ0v) is 14.2. The number of aliphatic hydroxyl groups is 1. The molecule has 5 nitrogen and oxygen atoms in total. The van der Waals surface area contributed by atoms with Gasteiger partial charge in [-0.25, -0.2) is 4.39 Å². The van der Waals surface area contributed by atoms with E-state index in [9.17, 15) is 19.1 Å². The highest BCUT2D eigenvalue weighted by atomic mass is 19.1. The molecule has 2 rings (SSSR count). The monoisotopic (exact) mass is 344 g/mol. The van der Waals surface area contributed by atoms with Gasteiger partial charge in [0, 0.05) is 17.8 Å². The van der Waals surface area contributed by atoms with Crippen molar-refractivity contribution in [3.8, 4) is 0 Å². The van der Waals surface area contributed by atoms with Crippen molar-refractivity contribution < 1.29 is 19.1 Å². The van der Waals surface area contributed by atoms with E-state index >= 15 is 0 Å². The van der Waals surface area contributed by atoms with Gasteiger partial charge in [0.25, 0.3) is 11.8 Å². The van der Waals surface area contributed by atoms with Gasteiger partial charge in [-0.3, -0.25) is 9.59 Å². The van der Waals surface area contributed by atoms with Crippen LogP contribution in [0.15, 0.2) is 42.5 Å². The van der Waals surface area contributed by atoms with Gasteiger partial charge in [0.15, 0.2) is 0 Å². The third kappa shape index (κ3) is 5.12. The molecule has 0 fully saturated rings. The number of hydrogen-bond donors (Lipinski definition) is 3. The molecule has 0 spiro atoms. The predicted octanol–water partition coefficient (Wildman–Crippen LogP) is 2.89. The van der Waals surface area contributed by atoms with Gasteiger partial charge in [-0.15, -0.1) is 0 Å². The number of aliphatic hydroxyl groups excluding tert-OH is 1. The summed E-state index contributed by atoms with van der Waals surface area (Å²) >= 11 is 0. The van der Waals surface area contributed by atoms with E-state index in [2.05, 4.69) is 10.6 Å². The molecule has 0 saturated heterocycles. The molecule has 1 atom stereocenters. The Bertz CT molecular complexity index is 775. The number of carbonyl (C=O) groups excluding carboxylic acids is 2. The molecule has 1 unspecified atom stereocenters. The fraction of sp³-hybridized carbons (Fsp3) is 0.263. The van der Waals surface area contributed by atoms with E-state index in [0.29, 0.717) is 24.2 Å². The lowest BCUT2D eigenvalue weighted by Gasteiger charge is -2.12. The second-order valence-corrected chi connectivity index (χ2v) is 5.86. The van der Waals surface area contributed by atoms with Crippen LogP contribution in [-0.2, 0) is 0 Å². The Morgan fingerprint density at radius 1 is 1.16 bits per heavy atom. The average Bonchev–Trinajstić information content (AvgIpc) is 2.56. The van der Waals surface area contributed by atoms with Crippen LogP contribution in [0.3, 0.4) is 0 Å². The zero-order valence-electron chi connectivity index (χ0n) is 14.2. The van der Waals surface area contributed by atoms with Crippen molar-refractivity contribution in [3.05, 3.63) is 65.0 Å². The SMILES string of the molecule is Cc1ccc(C(=O)NCCC(C)O)cc1NC(=O)c1ccccc1F. The normalized spacial score (nSPS) is 11.7. The highest BCUT2D eigenvalue weighted by molar-refractivity contribution is 6.05. The van der Waals surface area contributed by atoms with Crippen LogP contribution in [0.4, 0.5) is 10.1 Å². The first-order valence-electron chi connectivity index (χ1n) is 8.01. The zero-order chi connectivity index (χ0) is 18.4. The van der Waals surface area contributed by atoms with Crippen LogP contribution in [0.1, 0.15) is 39.6 Å². The second-order valence-electron chi connectivity index (χ2n) is 5.86. The minimum absolute atomic E-state index is 0.0614. The Morgan fingerprint density at radius 2 is 1.88 bits per heavy atom. The van der Waals surface area contributed by atoms with Gasteiger partial charge < -0.3 is 15.7 Å². The van der Waals surface area contributed by atoms with Crippen molar-refractivity contribution in [3.63, 3.8) is 0 Å². The van der Waals surface area contributed by atoms with Crippen molar-refractivity contribution in [2.45, 2.75) is 26.4 Å². The molecule has 132 valence electrons. The van der Waals surface area contributed by atoms with Gasteiger partial charge in [0.1, 0.15) is 5.82 Å². The van der Waals surface area contributed by atoms with Crippen molar-refractivity contribution in [2.75, 3.05) is 11.9 Å². The summed E-state index contributed by atoms with van der Waals surface area (Å²) in [5.74, 6) is -1.49. The molecule has 25 heavy (non-hydrogen) atoms. The molecule has 0 aliphatic rings. The fourth-order valence-corrected chi connectivity index (χ4v) is 2.23. The molecule has 0 aromatic heterocycles. The molecule has 2 aromatic rings. The number of anilines is 1. The molecule has 3 N–H and O–H groups in total. The number of benzene rings is 2. The highest BCUT2D eigenvalue weighted by Crippen LogP contribution is 2.19. The lowest BCUT2D eigenvalue weighted by Crippen LogP contribution is -2.26. The van der Waals surface area contributed by atoms with Gasteiger partial charge in [0.2, 0.25) is 0 Å². The Balaban J connectivity index is 2.12. The van der Waals surface area contributed by atoms with Crippen LogP contribution in [-0.4, -0.2) is 29.6 Å². The van der Waals surface area contributed by atoms with Gasteiger partial charge in [0.05, 0.1) is 11.7 Å². The summed E-state index contributed by atoms with van der Waals surface area (Å²) in [6, 6.07) is 10.6. The van der Waals surface area contributed by atoms with Crippen molar-refractivity contribution in [1.29, 1.82) is 0 Å². The third-order valence-electron chi connectivity index (χ3n) is 3.71. The number of aryl methyl sites for hydroxylation is 1. The highest BCUT2D eigenvalue weighted by Gasteiger charge is 2.14. The van der Waals surface area contributed by atoms with Crippen LogP contribution in [0.5, 0.6) is 0 Å². The topological polar surface area (TPSA) is 78.4 Å². The fourth-order valence-electron chi connectivity index (χ4n) is 2.23. The van der Waals surface area contributed by atoms with Crippen molar-refractivity contribution in [1.82, 2.24) is 5.32 Å². The summed E-state index contributed by atoms with van der Waals surface area (Å²) in [5.41, 5.74) is 1.51. The molecule has 0 heterocycles. The third-order valence-corrected chi connectivity index (χ3v) is 3.71. The van der Waals surface area contributed by atoms with Crippen LogP contribution >= 0.6 is 0 Å². The Morgan fingerprint density at radius 3 is 2.56 bits per heavy atom. The summed E-state index contributed by atoms with van der Waals surface area (Å²) in [4.78, 5) is 24.4. The Hall–Kier alpha value is -2.73. The summed E-state index contributed by atoms with van der Waals surface area (Å²) in [6.45, 7) is 3.78. The number of hydrogen-bond acceptors (Lipinski definition) is 3. The van der Waals surface area contributed by atoms with E-state index in [0.717, 1.165) is 5.56 Å². The molecule has 0 radical (unpaired) electrons. The molecule has 6 heteroatoms. The summed E-state index contributed by atoms with van der Waals surface area (Å²) in [6.07, 6.45) is -0.0389. The van der Waals surface area contributed by atoms with Gasteiger partial charge in [-0.05, 0) is 50.1 Å². The maximum absolute atomic E-state index is 13.7. The Kier molecular flexibility index (Phi) is 6.25. The second kappa shape index (κ2) is 8.39. The van der Waals surface area contributed by atoms with Gasteiger partial charge in [-0.1, -0.05) is 18.2 Å². The lowest BCUT2D eigenvalue weighted by atomic mass is 10.1. The van der Waals surface area contributed by atoms with Crippen LogP contribution in [0.25, 0.3) is 0 Å². The summed E-state index contributed by atoms with van der Waals surface area (Å²) in [5, 5.41) is 14.6.